The van der Waals surface area contributed by atoms with Crippen LogP contribution >= 0.6 is 23.7 Å². The summed E-state index contributed by atoms with van der Waals surface area (Å²) in [6.07, 6.45) is 3.62. The molecule has 2 aromatic carbocycles. The van der Waals surface area contributed by atoms with E-state index in [-0.39, 0.29) is 12.4 Å². The fraction of sp³-hybridized carbons (Fsp3) is 0.269. The summed E-state index contributed by atoms with van der Waals surface area (Å²) in [7, 11) is 0. The standard InChI is InChI=1S/C26H25NOS.ClH/c1-3-28-20-12-10-19(11-13-20)23-16-22(18-7-5-4-6-8-18)25-21-14-9-17(2)15-24(21)29-26(25)27-23;/h4-8,10-13,16-17H,3,9,14-15H2,1-2H3;1H. The maximum Gasteiger partial charge on any atom is 0.125 e. The molecule has 0 radical (unpaired) electrons. The van der Waals surface area contributed by atoms with E-state index < -0.39 is 0 Å². The lowest BCUT2D eigenvalue weighted by Gasteiger charge is -2.18. The molecule has 1 unspecified atom stereocenters. The number of nitrogens with zero attached hydrogens (tertiary/aromatic N) is 1. The molecule has 4 aromatic rings. The Morgan fingerprint density at radius 3 is 2.53 bits per heavy atom. The lowest BCUT2D eigenvalue weighted by Crippen LogP contribution is -2.08. The number of hydrogen-bond donors (Lipinski definition) is 0. The molecule has 0 bridgehead atoms. The van der Waals surface area contributed by atoms with E-state index in [9.17, 15) is 0 Å². The van der Waals surface area contributed by atoms with Gasteiger partial charge in [-0.05, 0) is 79.1 Å². The Balaban J connectivity index is 0.00000218. The van der Waals surface area contributed by atoms with Crippen LogP contribution in [0, 0.1) is 5.92 Å². The molecule has 30 heavy (non-hydrogen) atoms. The Hall–Kier alpha value is -2.36. The van der Waals surface area contributed by atoms with Crippen molar-refractivity contribution in [2.24, 2.45) is 5.92 Å². The van der Waals surface area contributed by atoms with Crippen molar-refractivity contribution < 1.29 is 4.74 Å². The first kappa shape index (κ1) is 20.9. The van der Waals surface area contributed by atoms with Gasteiger partial charge in [0.1, 0.15) is 10.6 Å². The number of aromatic nitrogens is 1. The summed E-state index contributed by atoms with van der Waals surface area (Å²) >= 11 is 1.90. The normalized spacial score (nSPS) is 15.5. The molecule has 2 heterocycles. The zero-order valence-electron chi connectivity index (χ0n) is 17.4. The van der Waals surface area contributed by atoms with Crippen molar-refractivity contribution in [1.82, 2.24) is 4.98 Å². The molecule has 1 aliphatic carbocycles. The monoisotopic (exact) mass is 435 g/mol. The SMILES string of the molecule is CCOc1ccc(-c2cc(-c3ccccc3)c3c4c(sc3n2)CC(C)CC4)cc1.Cl. The minimum Gasteiger partial charge on any atom is -0.494 e. The molecule has 2 nitrogen and oxygen atoms in total. The third-order valence-electron chi connectivity index (χ3n) is 5.81. The number of fused-ring (bicyclic) bond motifs is 3. The molecule has 2 aromatic heterocycles. The second-order valence-electron chi connectivity index (χ2n) is 7.91. The van der Waals surface area contributed by atoms with Crippen molar-refractivity contribution in [1.29, 1.82) is 0 Å². The van der Waals surface area contributed by atoms with Crippen LogP contribution in [0.2, 0.25) is 0 Å². The molecular formula is C26H26ClNOS. The van der Waals surface area contributed by atoms with E-state index in [1.807, 2.05) is 30.4 Å². The second kappa shape index (κ2) is 8.79. The number of pyridine rings is 1. The molecule has 5 rings (SSSR count). The fourth-order valence-corrected chi connectivity index (χ4v) is 5.73. The molecular weight excluding hydrogens is 410 g/mol. The van der Waals surface area contributed by atoms with E-state index in [4.69, 9.17) is 9.72 Å². The van der Waals surface area contributed by atoms with Crippen molar-refractivity contribution in [2.75, 3.05) is 6.61 Å². The molecule has 154 valence electrons. The largest absolute Gasteiger partial charge is 0.494 e. The Morgan fingerprint density at radius 1 is 1.03 bits per heavy atom. The van der Waals surface area contributed by atoms with E-state index in [2.05, 4.69) is 55.5 Å². The Labute approximate surface area is 188 Å². The van der Waals surface area contributed by atoms with Gasteiger partial charge in [-0.15, -0.1) is 23.7 Å². The van der Waals surface area contributed by atoms with Gasteiger partial charge >= 0.3 is 0 Å². The summed E-state index contributed by atoms with van der Waals surface area (Å²) in [6, 6.07) is 21.3. The fourth-order valence-electron chi connectivity index (χ4n) is 4.33. The lowest BCUT2D eigenvalue weighted by atomic mass is 9.87. The van der Waals surface area contributed by atoms with Crippen LogP contribution in [-0.2, 0) is 12.8 Å². The highest BCUT2D eigenvalue weighted by Crippen LogP contribution is 2.43. The van der Waals surface area contributed by atoms with E-state index in [1.165, 1.54) is 51.0 Å². The number of hydrogen-bond acceptors (Lipinski definition) is 3. The van der Waals surface area contributed by atoms with Gasteiger partial charge in [-0.25, -0.2) is 4.98 Å². The Morgan fingerprint density at radius 2 is 1.80 bits per heavy atom. The predicted molar refractivity (Wildman–Crippen MR) is 130 cm³/mol. The Bertz CT molecular complexity index is 1150. The predicted octanol–water partition coefficient (Wildman–Crippen LogP) is 7.58. The van der Waals surface area contributed by atoms with Gasteiger partial charge < -0.3 is 4.74 Å². The third-order valence-corrected chi connectivity index (χ3v) is 6.96. The van der Waals surface area contributed by atoms with Gasteiger partial charge in [-0.3, -0.25) is 0 Å². The zero-order valence-corrected chi connectivity index (χ0v) is 19.0. The molecule has 0 amide bonds. The molecule has 0 saturated heterocycles. The number of thiophene rings is 1. The van der Waals surface area contributed by atoms with Crippen molar-refractivity contribution in [3.8, 4) is 28.1 Å². The summed E-state index contributed by atoms with van der Waals surface area (Å²) in [6.45, 7) is 5.06. The maximum absolute atomic E-state index is 5.61. The molecule has 0 fully saturated rings. The van der Waals surface area contributed by atoms with E-state index >= 15 is 0 Å². The van der Waals surface area contributed by atoms with Crippen LogP contribution in [0.5, 0.6) is 5.75 Å². The van der Waals surface area contributed by atoms with Crippen LogP contribution in [0.15, 0.2) is 60.7 Å². The topological polar surface area (TPSA) is 22.1 Å². The molecule has 4 heteroatoms. The van der Waals surface area contributed by atoms with Crippen molar-refractivity contribution in [3.05, 3.63) is 71.1 Å². The van der Waals surface area contributed by atoms with Gasteiger partial charge in [0, 0.05) is 15.8 Å². The van der Waals surface area contributed by atoms with Crippen LogP contribution in [0.4, 0.5) is 0 Å². The summed E-state index contributed by atoms with van der Waals surface area (Å²) in [4.78, 5) is 7.82. The van der Waals surface area contributed by atoms with Gasteiger partial charge in [0.25, 0.3) is 0 Å². The van der Waals surface area contributed by atoms with Crippen LogP contribution in [0.25, 0.3) is 32.6 Å². The van der Waals surface area contributed by atoms with E-state index in [0.29, 0.717) is 6.61 Å². The van der Waals surface area contributed by atoms with Crippen molar-refractivity contribution in [3.63, 3.8) is 0 Å². The lowest BCUT2D eigenvalue weighted by molar-refractivity contribution is 0.340. The molecule has 0 spiro atoms. The number of aryl methyl sites for hydroxylation is 1. The van der Waals surface area contributed by atoms with Gasteiger partial charge in [-0.1, -0.05) is 37.3 Å². The van der Waals surface area contributed by atoms with E-state index in [0.717, 1.165) is 22.9 Å². The number of benzene rings is 2. The molecule has 1 aliphatic rings. The first-order chi connectivity index (χ1) is 14.2. The van der Waals surface area contributed by atoms with Crippen molar-refractivity contribution in [2.45, 2.75) is 33.1 Å². The maximum atomic E-state index is 5.61. The van der Waals surface area contributed by atoms with Crippen LogP contribution in [0.3, 0.4) is 0 Å². The molecule has 0 N–H and O–H groups in total. The minimum absolute atomic E-state index is 0. The van der Waals surface area contributed by atoms with Crippen molar-refractivity contribution >= 4 is 34.0 Å². The van der Waals surface area contributed by atoms with Crippen LogP contribution in [0.1, 0.15) is 30.7 Å². The molecule has 0 saturated carbocycles. The minimum atomic E-state index is 0. The summed E-state index contributed by atoms with van der Waals surface area (Å²) in [5, 5.41) is 1.37. The quantitative estimate of drug-likeness (QED) is 0.329. The number of halogens is 1. The highest BCUT2D eigenvalue weighted by molar-refractivity contribution is 7.19. The molecule has 1 atom stereocenters. The van der Waals surface area contributed by atoms with Crippen LogP contribution < -0.4 is 4.74 Å². The molecule has 0 aliphatic heterocycles. The highest BCUT2D eigenvalue weighted by atomic mass is 35.5. The number of rotatable bonds is 4. The van der Waals surface area contributed by atoms with Crippen LogP contribution in [-0.4, -0.2) is 11.6 Å². The second-order valence-corrected chi connectivity index (χ2v) is 8.99. The first-order valence-corrected chi connectivity index (χ1v) is 11.3. The van der Waals surface area contributed by atoms with Gasteiger partial charge in [0.2, 0.25) is 0 Å². The zero-order chi connectivity index (χ0) is 19.8. The van der Waals surface area contributed by atoms with E-state index in [1.54, 1.807) is 0 Å². The average molecular weight is 436 g/mol. The first-order valence-electron chi connectivity index (χ1n) is 10.5. The number of ether oxygens (including phenoxy) is 1. The third kappa shape index (κ3) is 3.84. The Kier molecular flexibility index (Phi) is 6.12. The summed E-state index contributed by atoms with van der Waals surface area (Å²) in [5.74, 6) is 1.67. The smallest absolute Gasteiger partial charge is 0.125 e. The summed E-state index contributed by atoms with van der Waals surface area (Å²) < 4.78 is 5.61. The summed E-state index contributed by atoms with van der Waals surface area (Å²) in [5.41, 5.74) is 6.28. The van der Waals surface area contributed by atoms with Gasteiger partial charge in [0.15, 0.2) is 0 Å². The van der Waals surface area contributed by atoms with Gasteiger partial charge in [-0.2, -0.15) is 0 Å². The average Bonchev–Trinajstić information content (AvgIpc) is 3.12. The highest BCUT2D eigenvalue weighted by Gasteiger charge is 2.23. The van der Waals surface area contributed by atoms with Gasteiger partial charge in [0.05, 0.1) is 12.3 Å².